The van der Waals surface area contributed by atoms with Crippen LogP contribution in [0.25, 0.3) is 0 Å². The zero-order valence-electron chi connectivity index (χ0n) is 17.0. The lowest BCUT2D eigenvalue weighted by Gasteiger charge is -2.25. The Bertz CT molecular complexity index is 1250. The van der Waals surface area contributed by atoms with E-state index in [0.29, 0.717) is 0 Å². The highest BCUT2D eigenvalue weighted by Gasteiger charge is 2.13. The van der Waals surface area contributed by atoms with Crippen molar-refractivity contribution in [1.82, 2.24) is 4.83 Å². The van der Waals surface area contributed by atoms with Gasteiger partial charge >= 0.3 is 0 Å². The number of halogens is 1. The van der Waals surface area contributed by atoms with E-state index in [4.69, 9.17) is 0 Å². The van der Waals surface area contributed by atoms with Gasteiger partial charge in [-0.3, -0.25) is 0 Å². The highest BCUT2D eigenvalue weighted by molar-refractivity contribution is 9.10. The summed E-state index contributed by atoms with van der Waals surface area (Å²) in [5.74, 6) is 0. The molecular formula is C25H20BrN3O2S. The van der Waals surface area contributed by atoms with Crippen LogP contribution in [0.4, 0.5) is 17.1 Å². The lowest BCUT2D eigenvalue weighted by molar-refractivity contribution is 0.584. The SMILES string of the molecule is O=S(=O)(N/N=C\c1ccc(N(c2ccccc2)c2ccccc2)cc1)c1ccc(Br)cc1. The molecule has 32 heavy (non-hydrogen) atoms. The Morgan fingerprint density at radius 1 is 0.688 bits per heavy atom. The van der Waals surface area contributed by atoms with Crippen molar-refractivity contribution in [3.05, 3.63) is 119 Å². The van der Waals surface area contributed by atoms with E-state index >= 15 is 0 Å². The second-order valence-corrected chi connectivity index (χ2v) is 9.48. The van der Waals surface area contributed by atoms with Crippen molar-refractivity contribution >= 4 is 49.2 Å². The van der Waals surface area contributed by atoms with Crippen LogP contribution in [-0.2, 0) is 10.0 Å². The third-order valence-corrected chi connectivity index (χ3v) is 6.46. The fourth-order valence-electron chi connectivity index (χ4n) is 3.15. The molecule has 7 heteroatoms. The van der Waals surface area contributed by atoms with Gasteiger partial charge in [-0.1, -0.05) is 64.5 Å². The van der Waals surface area contributed by atoms with Crippen molar-refractivity contribution in [3.63, 3.8) is 0 Å². The third-order valence-electron chi connectivity index (χ3n) is 4.69. The van der Waals surface area contributed by atoms with Crippen LogP contribution < -0.4 is 9.73 Å². The van der Waals surface area contributed by atoms with E-state index in [2.05, 4.69) is 55.0 Å². The lowest BCUT2D eigenvalue weighted by atomic mass is 10.1. The highest BCUT2D eigenvalue weighted by atomic mass is 79.9. The maximum atomic E-state index is 12.3. The minimum atomic E-state index is -3.72. The molecule has 0 unspecified atom stereocenters. The molecule has 0 saturated heterocycles. The van der Waals surface area contributed by atoms with Crippen LogP contribution in [0, 0.1) is 0 Å². The van der Waals surface area contributed by atoms with E-state index in [1.54, 1.807) is 12.1 Å². The number of rotatable bonds is 7. The standard InChI is InChI=1S/C25H20BrN3O2S/c26-21-13-17-25(18-14-21)32(30,31)28-27-19-20-11-15-24(16-12-20)29(22-7-3-1-4-8-22)23-9-5-2-6-10-23/h1-19,28H/b27-19-. The fourth-order valence-corrected chi connectivity index (χ4v) is 4.20. The molecule has 0 heterocycles. The second kappa shape index (κ2) is 9.80. The predicted octanol–water partition coefficient (Wildman–Crippen LogP) is 6.23. The van der Waals surface area contributed by atoms with Crippen LogP contribution in [-0.4, -0.2) is 14.6 Å². The van der Waals surface area contributed by atoms with Crippen LogP contribution in [0.3, 0.4) is 0 Å². The molecule has 5 nitrogen and oxygen atoms in total. The first-order valence-electron chi connectivity index (χ1n) is 9.84. The summed E-state index contributed by atoms with van der Waals surface area (Å²) in [5.41, 5.74) is 3.84. The largest absolute Gasteiger partial charge is 0.311 e. The number of nitrogens with one attached hydrogen (secondary N) is 1. The van der Waals surface area contributed by atoms with Crippen LogP contribution in [0.1, 0.15) is 5.56 Å². The molecule has 4 aromatic carbocycles. The van der Waals surface area contributed by atoms with Crippen molar-refractivity contribution < 1.29 is 8.42 Å². The van der Waals surface area contributed by atoms with Gasteiger partial charge in [0.05, 0.1) is 11.1 Å². The van der Waals surface area contributed by atoms with E-state index < -0.39 is 10.0 Å². The number of anilines is 3. The summed E-state index contributed by atoms with van der Waals surface area (Å²) in [7, 11) is -3.72. The van der Waals surface area contributed by atoms with Gasteiger partial charge in [-0.15, -0.1) is 0 Å². The van der Waals surface area contributed by atoms with Crippen molar-refractivity contribution in [1.29, 1.82) is 0 Å². The number of hydrogen-bond acceptors (Lipinski definition) is 4. The fraction of sp³-hybridized carbons (Fsp3) is 0. The van der Waals surface area contributed by atoms with Crippen LogP contribution in [0.5, 0.6) is 0 Å². The van der Waals surface area contributed by atoms with Gasteiger partial charge in [0, 0.05) is 21.5 Å². The van der Waals surface area contributed by atoms with Gasteiger partial charge < -0.3 is 4.90 Å². The summed E-state index contributed by atoms with van der Waals surface area (Å²) < 4.78 is 25.5. The van der Waals surface area contributed by atoms with Crippen molar-refractivity contribution in [2.45, 2.75) is 4.90 Å². The number of para-hydroxylation sites is 2. The minimum absolute atomic E-state index is 0.148. The number of hydrazone groups is 1. The predicted molar refractivity (Wildman–Crippen MR) is 133 cm³/mol. The van der Waals surface area contributed by atoms with Gasteiger partial charge in [0.15, 0.2) is 0 Å². The molecule has 0 bridgehead atoms. The van der Waals surface area contributed by atoms with E-state index in [-0.39, 0.29) is 4.90 Å². The first-order valence-corrected chi connectivity index (χ1v) is 12.1. The molecule has 0 saturated carbocycles. The van der Waals surface area contributed by atoms with Crippen molar-refractivity contribution in [3.8, 4) is 0 Å². The van der Waals surface area contributed by atoms with Gasteiger partial charge in [-0.25, -0.2) is 4.83 Å². The average molecular weight is 506 g/mol. The Morgan fingerprint density at radius 3 is 1.72 bits per heavy atom. The van der Waals surface area contributed by atoms with Gasteiger partial charge in [-0.2, -0.15) is 13.5 Å². The maximum Gasteiger partial charge on any atom is 0.276 e. The molecular weight excluding hydrogens is 486 g/mol. The topological polar surface area (TPSA) is 61.8 Å². The summed E-state index contributed by atoms with van der Waals surface area (Å²) in [6, 6.07) is 34.3. The maximum absolute atomic E-state index is 12.3. The molecule has 0 aliphatic rings. The molecule has 0 atom stereocenters. The average Bonchev–Trinajstić information content (AvgIpc) is 2.82. The Morgan fingerprint density at radius 2 is 1.19 bits per heavy atom. The van der Waals surface area contributed by atoms with E-state index in [9.17, 15) is 8.42 Å². The number of nitrogens with zero attached hydrogens (tertiary/aromatic N) is 2. The zero-order chi connectivity index (χ0) is 22.4. The van der Waals surface area contributed by atoms with Crippen molar-refractivity contribution in [2.75, 3.05) is 4.90 Å². The van der Waals surface area contributed by atoms with Gasteiger partial charge in [-0.05, 0) is 66.2 Å². The van der Waals surface area contributed by atoms with E-state index in [0.717, 1.165) is 27.1 Å². The highest BCUT2D eigenvalue weighted by Crippen LogP contribution is 2.33. The van der Waals surface area contributed by atoms with Crippen LogP contribution in [0.2, 0.25) is 0 Å². The zero-order valence-corrected chi connectivity index (χ0v) is 19.4. The molecule has 4 aromatic rings. The second-order valence-electron chi connectivity index (χ2n) is 6.90. The summed E-state index contributed by atoms with van der Waals surface area (Å²) in [5, 5.41) is 3.91. The van der Waals surface area contributed by atoms with Gasteiger partial charge in [0.2, 0.25) is 0 Å². The molecule has 0 spiro atoms. The molecule has 160 valence electrons. The van der Waals surface area contributed by atoms with E-state index in [1.165, 1.54) is 18.3 Å². The van der Waals surface area contributed by atoms with Gasteiger partial charge in [0.1, 0.15) is 0 Å². The first-order chi connectivity index (χ1) is 15.5. The lowest BCUT2D eigenvalue weighted by Crippen LogP contribution is -2.18. The number of benzene rings is 4. The third kappa shape index (κ3) is 5.25. The molecule has 0 aliphatic carbocycles. The Kier molecular flexibility index (Phi) is 6.68. The van der Waals surface area contributed by atoms with Crippen molar-refractivity contribution in [2.24, 2.45) is 5.10 Å². The molecule has 0 aliphatic heterocycles. The van der Waals surface area contributed by atoms with Gasteiger partial charge in [0.25, 0.3) is 10.0 Å². The van der Waals surface area contributed by atoms with Crippen LogP contribution in [0.15, 0.2) is 124 Å². The quantitative estimate of drug-likeness (QED) is 0.239. The normalized spacial score (nSPS) is 11.4. The Hall–Kier alpha value is -3.42. The molecule has 1 N–H and O–H groups in total. The number of sulfonamides is 1. The first kappa shape index (κ1) is 21.8. The molecule has 4 rings (SSSR count). The summed E-state index contributed by atoms with van der Waals surface area (Å²) >= 11 is 3.29. The summed E-state index contributed by atoms with van der Waals surface area (Å²) in [6.45, 7) is 0. The number of hydrogen-bond donors (Lipinski definition) is 1. The smallest absolute Gasteiger partial charge is 0.276 e. The summed E-state index contributed by atoms with van der Waals surface area (Å²) in [6.07, 6.45) is 1.48. The molecule has 0 radical (unpaired) electrons. The minimum Gasteiger partial charge on any atom is -0.311 e. The monoisotopic (exact) mass is 505 g/mol. The Balaban J connectivity index is 1.53. The molecule has 0 aromatic heterocycles. The Labute approximate surface area is 196 Å². The molecule has 0 fully saturated rings. The van der Waals surface area contributed by atoms with E-state index in [1.807, 2.05) is 60.7 Å². The summed E-state index contributed by atoms with van der Waals surface area (Å²) in [4.78, 5) is 4.55. The van der Waals surface area contributed by atoms with Crippen LogP contribution >= 0.6 is 15.9 Å². The molecule has 0 amide bonds.